The second kappa shape index (κ2) is 11.6. The quantitative estimate of drug-likeness (QED) is 0.190. The van der Waals surface area contributed by atoms with Crippen LogP contribution >= 0.6 is 27.7 Å². The topological polar surface area (TPSA) is 26.3 Å². The van der Waals surface area contributed by atoms with Gasteiger partial charge in [-0.25, -0.2) is 0 Å². The van der Waals surface area contributed by atoms with Gasteiger partial charge in [0, 0.05) is 15.8 Å². The standard InChI is InChI=1S/C25H29BrO2S/c1-2-3-4-5-8-19-11-14-23-22(17-19)25(27)24(29-23)18-20-9-12-21(13-10-20)28-16-7-6-15-26/h9-14,17-18H,2-8,15-16H2,1H3/b24-18+. The summed E-state index contributed by atoms with van der Waals surface area (Å²) in [7, 11) is 0. The molecular weight excluding hydrogens is 444 g/mol. The molecule has 1 aliphatic rings. The van der Waals surface area contributed by atoms with E-state index >= 15 is 0 Å². The molecule has 0 aliphatic carbocycles. The number of halogens is 1. The Morgan fingerprint density at radius 3 is 2.59 bits per heavy atom. The van der Waals surface area contributed by atoms with Gasteiger partial charge in [-0.15, -0.1) is 0 Å². The van der Waals surface area contributed by atoms with E-state index in [9.17, 15) is 4.79 Å². The van der Waals surface area contributed by atoms with Crippen molar-refractivity contribution in [2.75, 3.05) is 11.9 Å². The van der Waals surface area contributed by atoms with E-state index in [4.69, 9.17) is 4.74 Å². The predicted molar refractivity (Wildman–Crippen MR) is 127 cm³/mol. The second-order valence-corrected chi connectivity index (χ2v) is 9.27. The third kappa shape index (κ3) is 6.48. The fraction of sp³-hybridized carbons (Fsp3) is 0.400. The molecule has 0 atom stereocenters. The average Bonchev–Trinajstić information content (AvgIpc) is 3.05. The molecule has 0 aromatic heterocycles. The van der Waals surface area contributed by atoms with E-state index in [1.165, 1.54) is 31.2 Å². The summed E-state index contributed by atoms with van der Waals surface area (Å²) in [5.41, 5.74) is 3.17. The Morgan fingerprint density at radius 1 is 1.00 bits per heavy atom. The molecule has 2 aromatic rings. The number of hydrogen-bond acceptors (Lipinski definition) is 3. The van der Waals surface area contributed by atoms with Crippen molar-refractivity contribution < 1.29 is 9.53 Å². The summed E-state index contributed by atoms with van der Waals surface area (Å²) >= 11 is 5.01. The lowest BCUT2D eigenvalue weighted by Gasteiger charge is -2.05. The van der Waals surface area contributed by atoms with Crippen LogP contribution in [0.15, 0.2) is 52.3 Å². The van der Waals surface area contributed by atoms with Crippen molar-refractivity contribution >= 4 is 39.6 Å². The van der Waals surface area contributed by atoms with Gasteiger partial charge in [-0.3, -0.25) is 4.79 Å². The predicted octanol–water partition coefficient (Wildman–Crippen LogP) is 7.69. The molecule has 0 bridgehead atoms. The number of ether oxygens (including phenoxy) is 1. The van der Waals surface area contributed by atoms with Crippen molar-refractivity contribution in [3.05, 3.63) is 64.1 Å². The Morgan fingerprint density at radius 2 is 1.83 bits per heavy atom. The molecule has 0 N–H and O–H groups in total. The molecule has 0 spiro atoms. The molecular formula is C25H29BrO2S. The van der Waals surface area contributed by atoms with Crippen molar-refractivity contribution in [2.24, 2.45) is 0 Å². The van der Waals surface area contributed by atoms with Crippen molar-refractivity contribution in [3.8, 4) is 5.75 Å². The molecule has 1 aliphatic heterocycles. The van der Waals surface area contributed by atoms with E-state index in [0.717, 1.165) is 57.9 Å². The number of carbonyl (C=O) groups is 1. The van der Waals surface area contributed by atoms with E-state index in [1.54, 1.807) is 11.8 Å². The lowest BCUT2D eigenvalue weighted by atomic mass is 10.0. The summed E-state index contributed by atoms with van der Waals surface area (Å²) in [5, 5.41) is 1.01. The zero-order valence-electron chi connectivity index (χ0n) is 17.1. The Labute approximate surface area is 187 Å². The van der Waals surface area contributed by atoms with Crippen LogP contribution < -0.4 is 4.74 Å². The number of thioether (sulfide) groups is 1. The Bertz CT molecular complexity index is 842. The third-order valence-electron chi connectivity index (χ3n) is 5.03. The highest BCUT2D eigenvalue weighted by molar-refractivity contribution is 9.09. The van der Waals surface area contributed by atoms with Gasteiger partial charge in [0.2, 0.25) is 5.78 Å². The third-order valence-corrected chi connectivity index (χ3v) is 6.69. The minimum Gasteiger partial charge on any atom is -0.494 e. The van der Waals surface area contributed by atoms with Crippen LogP contribution in [0.2, 0.25) is 0 Å². The van der Waals surface area contributed by atoms with Gasteiger partial charge in [0.25, 0.3) is 0 Å². The number of benzene rings is 2. The van der Waals surface area contributed by atoms with Crippen LogP contribution in [0.4, 0.5) is 0 Å². The highest BCUT2D eigenvalue weighted by Crippen LogP contribution is 2.41. The average molecular weight is 473 g/mol. The Kier molecular flexibility index (Phi) is 8.88. The first-order valence-corrected chi connectivity index (χ1v) is 12.5. The molecule has 0 radical (unpaired) electrons. The first kappa shape index (κ1) is 22.2. The number of alkyl halides is 1. The van der Waals surface area contributed by atoms with Gasteiger partial charge in [-0.1, -0.05) is 72.1 Å². The number of Topliss-reactive ketones (excluding diaryl/α,β-unsaturated/α-hetero) is 1. The van der Waals surface area contributed by atoms with Gasteiger partial charge in [0.05, 0.1) is 11.5 Å². The van der Waals surface area contributed by atoms with Crippen molar-refractivity contribution in [3.63, 3.8) is 0 Å². The summed E-state index contributed by atoms with van der Waals surface area (Å²) in [6.45, 7) is 2.96. The van der Waals surface area contributed by atoms with Gasteiger partial charge in [-0.2, -0.15) is 0 Å². The molecule has 2 aromatic carbocycles. The molecule has 0 unspecified atom stereocenters. The lowest BCUT2D eigenvalue weighted by molar-refractivity contribution is 0.104. The maximum absolute atomic E-state index is 12.9. The monoisotopic (exact) mass is 472 g/mol. The largest absolute Gasteiger partial charge is 0.494 e. The summed E-state index contributed by atoms with van der Waals surface area (Å²) in [6, 6.07) is 14.4. The molecule has 0 saturated heterocycles. The zero-order chi connectivity index (χ0) is 20.5. The first-order chi connectivity index (χ1) is 14.2. The smallest absolute Gasteiger partial charge is 0.200 e. The van der Waals surface area contributed by atoms with Crippen LogP contribution in [0.5, 0.6) is 5.75 Å². The van der Waals surface area contributed by atoms with Gasteiger partial charge in [0.1, 0.15) is 5.75 Å². The highest BCUT2D eigenvalue weighted by atomic mass is 79.9. The number of unbranched alkanes of at least 4 members (excludes halogenated alkanes) is 4. The van der Waals surface area contributed by atoms with E-state index < -0.39 is 0 Å². The molecule has 3 rings (SSSR count). The summed E-state index contributed by atoms with van der Waals surface area (Å²) < 4.78 is 5.75. The summed E-state index contributed by atoms with van der Waals surface area (Å²) in [6.07, 6.45) is 10.2. The number of hydrogen-bond donors (Lipinski definition) is 0. The molecule has 4 heteroatoms. The normalized spacial score (nSPS) is 14.4. The highest BCUT2D eigenvalue weighted by Gasteiger charge is 2.26. The second-order valence-electron chi connectivity index (χ2n) is 7.39. The number of allylic oxidation sites excluding steroid dienone is 1. The van der Waals surface area contributed by atoms with E-state index in [0.29, 0.717) is 0 Å². The van der Waals surface area contributed by atoms with E-state index in [2.05, 4.69) is 41.1 Å². The number of rotatable bonds is 11. The maximum Gasteiger partial charge on any atom is 0.200 e. The summed E-state index contributed by atoms with van der Waals surface area (Å²) in [4.78, 5) is 14.8. The molecule has 0 fully saturated rings. The number of fused-ring (bicyclic) bond motifs is 1. The van der Waals surface area contributed by atoms with Crippen LogP contribution in [0, 0.1) is 0 Å². The van der Waals surface area contributed by atoms with Crippen LogP contribution in [-0.4, -0.2) is 17.7 Å². The zero-order valence-corrected chi connectivity index (χ0v) is 19.5. The fourth-order valence-corrected chi connectivity index (χ4v) is 4.77. The maximum atomic E-state index is 12.9. The lowest BCUT2D eigenvalue weighted by Crippen LogP contribution is -1.97. The van der Waals surface area contributed by atoms with Crippen molar-refractivity contribution in [1.29, 1.82) is 0 Å². The number of ketones is 1. The molecule has 0 amide bonds. The number of aryl methyl sites for hydroxylation is 1. The van der Waals surface area contributed by atoms with Gasteiger partial charge < -0.3 is 4.74 Å². The fourth-order valence-electron chi connectivity index (χ4n) is 3.35. The SMILES string of the molecule is CCCCCCc1ccc2c(c1)C(=O)/C(=C\c1ccc(OCCCCBr)cc1)S2. The molecule has 1 heterocycles. The van der Waals surface area contributed by atoms with Crippen molar-refractivity contribution in [1.82, 2.24) is 0 Å². The van der Waals surface area contributed by atoms with Crippen LogP contribution in [0.25, 0.3) is 6.08 Å². The Balaban J connectivity index is 1.61. The van der Waals surface area contributed by atoms with Crippen LogP contribution in [0.3, 0.4) is 0 Å². The number of carbonyl (C=O) groups excluding carboxylic acids is 1. The minimum atomic E-state index is 0.149. The molecule has 29 heavy (non-hydrogen) atoms. The van der Waals surface area contributed by atoms with Gasteiger partial charge in [0.15, 0.2) is 0 Å². The molecule has 154 valence electrons. The van der Waals surface area contributed by atoms with E-state index in [-0.39, 0.29) is 5.78 Å². The first-order valence-electron chi connectivity index (χ1n) is 10.6. The van der Waals surface area contributed by atoms with Crippen LogP contribution in [-0.2, 0) is 6.42 Å². The van der Waals surface area contributed by atoms with Gasteiger partial charge in [-0.05, 0) is 67.2 Å². The minimum absolute atomic E-state index is 0.149. The van der Waals surface area contributed by atoms with Crippen molar-refractivity contribution in [2.45, 2.75) is 56.8 Å². The molecule has 0 saturated carbocycles. The van der Waals surface area contributed by atoms with E-state index in [1.807, 2.05) is 30.3 Å². The van der Waals surface area contributed by atoms with Crippen LogP contribution in [0.1, 0.15) is 66.9 Å². The van der Waals surface area contributed by atoms with Gasteiger partial charge >= 0.3 is 0 Å². The molecule has 2 nitrogen and oxygen atoms in total. The summed E-state index contributed by atoms with van der Waals surface area (Å²) in [5.74, 6) is 1.03. The Hall–Kier alpha value is -1.52.